The Morgan fingerprint density at radius 1 is 1.32 bits per heavy atom. The van der Waals surface area contributed by atoms with Crippen LogP contribution < -0.4 is 5.32 Å². The average Bonchev–Trinajstić information content (AvgIpc) is 2.79. The lowest BCUT2D eigenvalue weighted by molar-refractivity contribution is 0.00684. The van der Waals surface area contributed by atoms with Crippen LogP contribution >= 0.6 is 11.6 Å². The van der Waals surface area contributed by atoms with Crippen LogP contribution in [0.25, 0.3) is 0 Å². The summed E-state index contributed by atoms with van der Waals surface area (Å²) in [6, 6.07) is 8.01. The second kappa shape index (κ2) is 6.76. The lowest BCUT2D eigenvalue weighted by Crippen LogP contribution is -2.51. The molecule has 2 aliphatic heterocycles. The van der Waals surface area contributed by atoms with Gasteiger partial charge in [0.15, 0.2) is 0 Å². The predicted molar refractivity (Wildman–Crippen MR) is 97.7 cm³/mol. The topological polar surface area (TPSA) is 65.4 Å². The van der Waals surface area contributed by atoms with Gasteiger partial charge in [-0.3, -0.25) is 0 Å². The first-order chi connectivity index (χ1) is 11.8. The van der Waals surface area contributed by atoms with Crippen LogP contribution in [0.3, 0.4) is 0 Å². The fraction of sp³-hybridized carbons (Fsp3) is 0.579. The largest absolute Gasteiger partial charge is 0.444 e. The molecule has 0 spiro atoms. The number of nitriles is 1. The van der Waals surface area contributed by atoms with Crippen LogP contribution in [0.1, 0.15) is 52.0 Å². The average molecular weight is 362 g/mol. The van der Waals surface area contributed by atoms with Gasteiger partial charge < -0.3 is 15.0 Å². The maximum absolute atomic E-state index is 12.5. The number of piperidine rings is 1. The van der Waals surface area contributed by atoms with Crippen molar-refractivity contribution < 1.29 is 9.53 Å². The predicted octanol–water partition coefficient (Wildman–Crippen LogP) is 4.55. The number of nitrogens with zero attached hydrogens (tertiary/aromatic N) is 2. The molecule has 0 aromatic heterocycles. The molecule has 1 aromatic carbocycles. The summed E-state index contributed by atoms with van der Waals surface area (Å²) in [4.78, 5) is 14.4. The molecular formula is C19H24ClN3O2. The summed E-state index contributed by atoms with van der Waals surface area (Å²) in [5.74, 6) is 0. The molecule has 1 aromatic rings. The van der Waals surface area contributed by atoms with Gasteiger partial charge in [0, 0.05) is 18.1 Å². The molecule has 6 heteroatoms. The molecule has 5 nitrogen and oxygen atoms in total. The molecule has 0 radical (unpaired) electrons. The van der Waals surface area contributed by atoms with Gasteiger partial charge in [-0.1, -0.05) is 11.6 Å². The van der Waals surface area contributed by atoms with Crippen LogP contribution in [0.5, 0.6) is 0 Å². The summed E-state index contributed by atoms with van der Waals surface area (Å²) in [6.07, 6.45) is 3.54. The van der Waals surface area contributed by atoms with Crippen LogP contribution in [0.2, 0.25) is 5.02 Å². The van der Waals surface area contributed by atoms with Crippen molar-refractivity contribution >= 4 is 23.4 Å². The highest BCUT2D eigenvalue weighted by atomic mass is 35.5. The standard InChI is InChI=1S/C19H24ClN3O2/c1-19(2,3)25-18(24)23-14-5-6-15(23)10-13(9-14)22-17-8-12(11-21)4-7-16(17)20/h4,7-8,13-15,22H,5-6,9-10H2,1-3H3. The molecule has 2 fully saturated rings. The van der Waals surface area contributed by atoms with E-state index in [0.29, 0.717) is 10.6 Å². The minimum atomic E-state index is -0.475. The van der Waals surface area contributed by atoms with Crippen molar-refractivity contribution in [1.82, 2.24) is 4.90 Å². The Morgan fingerprint density at radius 2 is 1.96 bits per heavy atom. The minimum absolute atomic E-state index is 0.198. The van der Waals surface area contributed by atoms with E-state index in [4.69, 9.17) is 21.6 Å². The van der Waals surface area contributed by atoms with Crippen molar-refractivity contribution in [2.45, 2.75) is 70.2 Å². The van der Waals surface area contributed by atoms with Gasteiger partial charge in [0.1, 0.15) is 5.60 Å². The Morgan fingerprint density at radius 3 is 2.52 bits per heavy atom. The number of fused-ring (bicyclic) bond motifs is 2. The summed E-state index contributed by atoms with van der Waals surface area (Å²) in [5, 5.41) is 13.1. The van der Waals surface area contributed by atoms with Crippen molar-refractivity contribution in [3.05, 3.63) is 28.8 Å². The van der Waals surface area contributed by atoms with Crippen molar-refractivity contribution in [3.63, 3.8) is 0 Å². The fourth-order valence-corrected chi connectivity index (χ4v) is 4.01. The molecule has 3 rings (SSSR count). The van der Waals surface area contributed by atoms with Gasteiger partial charge in [0.25, 0.3) is 0 Å². The second-order valence-electron chi connectivity index (χ2n) is 7.89. The van der Waals surface area contributed by atoms with E-state index in [1.54, 1.807) is 18.2 Å². The first kappa shape index (κ1) is 17.9. The molecule has 25 heavy (non-hydrogen) atoms. The number of halogens is 1. The van der Waals surface area contributed by atoms with E-state index in [-0.39, 0.29) is 24.2 Å². The van der Waals surface area contributed by atoms with E-state index in [9.17, 15) is 4.79 Å². The zero-order chi connectivity index (χ0) is 18.2. The van der Waals surface area contributed by atoms with Crippen LogP contribution in [0.4, 0.5) is 10.5 Å². The number of amides is 1. The molecule has 2 bridgehead atoms. The highest BCUT2D eigenvalue weighted by Crippen LogP contribution is 2.38. The molecule has 2 saturated heterocycles. The van der Waals surface area contributed by atoms with Crippen LogP contribution in [0.15, 0.2) is 18.2 Å². The smallest absolute Gasteiger partial charge is 0.410 e. The minimum Gasteiger partial charge on any atom is -0.444 e. The number of nitrogens with one attached hydrogen (secondary N) is 1. The van der Waals surface area contributed by atoms with Gasteiger partial charge in [-0.05, 0) is 64.7 Å². The third-order valence-electron chi connectivity index (χ3n) is 4.79. The summed E-state index contributed by atoms with van der Waals surface area (Å²) >= 11 is 6.26. The molecular weight excluding hydrogens is 338 g/mol. The molecule has 2 unspecified atom stereocenters. The molecule has 2 atom stereocenters. The Hall–Kier alpha value is -1.93. The van der Waals surface area contributed by atoms with Gasteiger partial charge in [-0.25, -0.2) is 4.79 Å². The Kier molecular flexibility index (Phi) is 4.83. The number of hydrogen-bond donors (Lipinski definition) is 1. The lowest BCUT2D eigenvalue weighted by Gasteiger charge is -2.40. The van der Waals surface area contributed by atoms with E-state index in [1.165, 1.54) is 0 Å². The molecule has 0 aliphatic carbocycles. The maximum atomic E-state index is 12.5. The second-order valence-corrected chi connectivity index (χ2v) is 8.30. The van der Waals surface area contributed by atoms with E-state index in [1.807, 2.05) is 25.7 Å². The van der Waals surface area contributed by atoms with Crippen LogP contribution in [-0.4, -0.2) is 34.7 Å². The van der Waals surface area contributed by atoms with E-state index in [0.717, 1.165) is 31.4 Å². The number of benzene rings is 1. The zero-order valence-electron chi connectivity index (χ0n) is 14.9. The third kappa shape index (κ3) is 4.01. The normalized spacial score (nSPS) is 25.4. The maximum Gasteiger partial charge on any atom is 0.410 e. The lowest BCUT2D eigenvalue weighted by atomic mass is 9.97. The first-order valence-corrected chi connectivity index (χ1v) is 9.12. The summed E-state index contributed by atoms with van der Waals surface area (Å²) in [6.45, 7) is 5.68. The number of hydrogen-bond acceptors (Lipinski definition) is 4. The van der Waals surface area contributed by atoms with Crippen molar-refractivity contribution in [1.29, 1.82) is 5.26 Å². The number of ether oxygens (including phenoxy) is 1. The highest BCUT2D eigenvalue weighted by Gasteiger charge is 2.44. The van der Waals surface area contributed by atoms with E-state index >= 15 is 0 Å². The Bertz CT molecular complexity index is 694. The number of carbonyl (C=O) groups excluding carboxylic acids is 1. The van der Waals surface area contributed by atoms with Gasteiger partial charge in [-0.15, -0.1) is 0 Å². The van der Waals surface area contributed by atoms with E-state index < -0.39 is 5.60 Å². The van der Waals surface area contributed by atoms with Gasteiger partial charge in [0.05, 0.1) is 22.3 Å². The number of rotatable bonds is 2. The summed E-state index contributed by atoms with van der Waals surface area (Å²) in [5.41, 5.74) is 0.897. The van der Waals surface area contributed by atoms with Crippen LogP contribution in [-0.2, 0) is 4.74 Å². The number of carbonyl (C=O) groups is 1. The molecule has 2 aliphatic rings. The Balaban J connectivity index is 1.68. The zero-order valence-corrected chi connectivity index (χ0v) is 15.6. The molecule has 2 heterocycles. The Labute approximate surface area is 153 Å². The van der Waals surface area contributed by atoms with Crippen molar-refractivity contribution in [2.75, 3.05) is 5.32 Å². The number of anilines is 1. The van der Waals surface area contributed by atoms with Crippen molar-refractivity contribution in [3.8, 4) is 6.07 Å². The molecule has 134 valence electrons. The van der Waals surface area contributed by atoms with Gasteiger partial charge >= 0.3 is 6.09 Å². The van der Waals surface area contributed by atoms with Crippen molar-refractivity contribution in [2.24, 2.45) is 0 Å². The fourth-order valence-electron chi connectivity index (χ4n) is 3.83. The van der Waals surface area contributed by atoms with E-state index in [2.05, 4.69) is 11.4 Å². The quantitative estimate of drug-likeness (QED) is 0.838. The summed E-state index contributed by atoms with van der Waals surface area (Å²) < 4.78 is 5.57. The monoisotopic (exact) mass is 361 g/mol. The van der Waals surface area contributed by atoms with Gasteiger partial charge in [0.2, 0.25) is 0 Å². The molecule has 1 amide bonds. The molecule has 0 saturated carbocycles. The summed E-state index contributed by atoms with van der Waals surface area (Å²) in [7, 11) is 0. The van der Waals surface area contributed by atoms with Crippen LogP contribution in [0, 0.1) is 11.3 Å². The van der Waals surface area contributed by atoms with Gasteiger partial charge in [-0.2, -0.15) is 5.26 Å². The third-order valence-corrected chi connectivity index (χ3v) is 5.12. The first-order valence-electron chi connectivity index (χ1n) is 8.74. The molecule has 1 N–H and O–H groups in total. The SMILES string of the molecule is CC(C)(C)OC(=O)N1C2CCC1CC(Nc1cc(C#N)ccc1Cl)C2. The highest BCUT2D eigenvalue weighted by molar-refractivity contribution is 6.33.